The molecule has 0 unspecified atom stereocenters. The zero-order chi connectivity index (χ0) is 11.5. The molecule has 2 rings (SSSR count). The number of carbonyl (C=O) groups excluding carboxylic acids is 1. The first-order valence-corrected chi connectivity index (χ1v) is 5.37. The summed E-state index contributed by atoms with van der Waals surface area (Å²) in [6.07, 6.45) is 2.68. The van der Waals surface area contributed by atoms with Gasteiger partial charge in [0.15, 0.2) is 22.5 Å². The van der Waals surface area contributed by atoms with E-state index in [0.29, 0.717) is 16.0 Å². The Morgan fingerprint density at radius 3 is 3.00 bits per heavy atom. The van der Waals surface area contributed by atoms with Crippen molar-refractivity contribution in [2.24, 2.45) is 0 Å². The molecule has 6 heteroatoms. The second-order valence-electron chi connectivity index (χ2n) is 2.86. The van der Waals surface area contributed by atoms with E-state index >= 15 is 0 Å². The van der Waals surface area contributed by atoms with E-state index in [-0.39, 0.29) is 12.3 Å². The van der Waals surface area contributed by atoms with Gasteiger partial charge in [0, 0.05) is 0 Å². The van der Waals surface area contributed by atoms with Crippen molar-refractivity contribution in [2.45, 2.75) is 6.92 Å². The van der Waals surface area contributed by atoms with Crippen LogP contribution in [0.2, 0.25) is 0 Å². The number of rotatable bonds is 3. The highest BCUT2D eigenvalue weighted by atomic mass is 79.9. The predicted molar refractivity (Wildman–Crippen MR) is 57.9 cm³/mol. The number of hydrogen-bond acceptors (Lipinski definition) is 5. The van der Waals surface area contributed by atoms with Crippen molar-refractivity contribution in [1.82, 2.24) is 4.98 Å². The molecule has 16 heavy (non-hydrogen) atoms. The van der Waals surface area contributed by atoms with E-state index in [0.717, 1.165) is 0 Å². The van der Waals surface area contributed by atoms with Gasteiger partial charge in [-0.05, 0) is 28.9 Å². The van der Waals surface area contributed by atoms with Crippen LogP contribution in [0.25, 0.3) is 11.3 Å². The lowest BCUT2D eigenvalue weighted by Crippen LogP contribution is -2.06. The van der Waals surface area contributed by atoms with Crippen LogP contribution < -0.4 is 0 Å². The number of hydrogen-bond donors (Lipinski definition) is 0. The average Bonchev–Trinajstić information content (AvgIpc) is 2.85. The third-order valence-electron chi connectivity index (χ3n) is 1.90. The van der Waals surface area contributed by atoms with Crippen LogP contribution in [0, 0.1) is 0 Å². The molecular formula is C10H8BrNO4. The molecule has 0 amide bonds. The van der Waals surface area contributed by atoms with Crippen LogP contribution >= 0.6 is 15.9 Å². The van der Waals surface area contributed by atoms with Gasteiger partial charge in [-0.15, -0.1) is 0 Å². The quantitative estimate of drug-likeness (QED) is 0.812. The van der Waals surface area contributed by atoms with Crippen molar-refractivity contribution in [2.75, 3.05) is 6.61 Å². The van der Waals surface area contributed by atoms with Crippen molar-refractivity contribution in [3.05, 3.63) is 29.1 Å². The van der Waals surface area contributed by atoms with Crippen molar-refractivity contribution in [3.63, 3.8) is 0 Å². The monoisotopic (exact) mass is 285 g/mol. The Morgan fingerprint density at radius 2 is 2.38 bits per heavy atom. The maximum atomic E-state index is 11.5. The highest BCUT2D eigenvalue weighted by Gasteiger charge is 2.22. The van der Waals surface area contributed by atoms with E-state index < -0.39 is 5.97 Å². The number of oxazole rings is 1. The van der Waals surface area contributed by atoms with Crippen LogP contribution in [0.3, 0.4) is 0 Å². The van der Waals surface area contributed by atoms with Crippen LogP contribution in [-0.2, 0) is 4.74 Å². The summed E-state index contributed by atoms with van der Waals surface area (Å²) >= 11 is 3.20. The standard InChI is InChI=1S/C10H8BrNO4/c1-2-14-10(13)7-8(16-5-12-7)6-3-4-15-9(6)11/h3-5H,2H2,1H3. The molecule has 2 heterocycles. The molecule has 0 radical (unpaired) electrons. The third kappa shape index (κ3) is 1.88. The largest absolute Gasteiger partial charge is 0.461 e. The summed E-state index contributed by atoms with van der Waals surface area (Å²) in [6, 6.07) is 1.67. The maximum Gasteiger partial charge on any atom is 0.360 e. The molecule has 0 aliphatic rings. The lowest BCUT2D eigenvalue weighted by atomic mass is 10.2. The van der Waals surface area contributed by atoms with Crippen LogP contribution in [0.4, 0.5) is 0 Å². The van der Waals surface area contributed by atoms with E-state index in [1.165, 1.54) is 12.7 Å². The lowest BCUT2D eigenvalue weighted by Gasteiger charge is -1.99. The summed E-state index contributed by atoms with van der Waals surface area (Å²) in [7, 11) is 0. The third-order valence-corrected chi connectivity index (χ3v) is 2.51. The molecule has 0 atom stereocenters. The van der Waals surface area contributed by atoms with Gasteiger partial charge >= 0.3 is 5.97 Å². The Hall–Kier alpha value is -1.56. The number of ether oxygens (including phenoxy) is 1. The fourth-order valence-corrected chi connectivity index (χ4v) is 1.66. The van der Waals surface area contributed by atoms with Gasteiger partial charge < -0.3 is 13.6 Å². The number of carbonyl (C=O) groups is 1. The number of aromatic nitrogens is 1. The Bertz CT molecular complexity index is 502. The smallest absolute Gasteiger partial charge is 0.360 e. The normalized spacial score (nSPS) is 10.4. The van der Waals surface area contributed by atoms with Gasteiger partial charge in [0.25, 0.3) is 0 Å². The molecule has 0 saturated heterocycles. The zero-order valence-corrected chi connectivity index (χ0v) is 9.98. The van der Waals surface area contributed by atoms with Gasteiger partial charge in [-0.2, -0.15) is 0 Å². The fraction of sp³-hybridized carbons (Fsp3) is 0.200. The average molecular weight is 286 g/mol. The zero-order valence-electron chi connectivity index (χ0n) is 8.40. The van der Waals surface area contributed by atoms with E-state index in [1.54, 1.807) is 13.0 Å². The van der Waals surface area contributed by atoms with Crippen molar-refractivity contribution in [3.8, 4) is 11.3 Å². The van der Waals surface area contributed by atoms with E-state index in [9.17, 15) is 4.79 Å². The van der Waals surface area contributed by atoms with E-state index in [1.807, 2.05) is 0 Å². The van der Waals surface area contributed by atoms with E-state index in [2.05, 4.69) is 20.9 Å². The molecule has 0 fully saturated rings. The molecule has 2 aromatic rings. The Balaban J connectivity index is 2.40. The van der Waals surface area contributed by atoms with Crippen molar-refractivity contribution >= 4 is 21.9 Å². The first-order chi connectivity index (χ1) is 7.74. The number of nitrogens with zero attached hydrogens (tertiary/aromatic N) is 1. The second kappa shape index (κ2) is 4.52. The molecule has 0 aliphatic carbocycles. The molecule has 0 aliphatic heterocycles. The summed E-state index contributed by atoms with van der Waals surface area (Å²) in [6.45, 7) is 2.02. The molecule has 0 spiro atoms. The Kier molecular flexibility index (Phi) is 3.09. The van der Waals surface area contributed by atoms with Crippen molar-refractivity contribution in [1.29, 1.82) is 0 Å². The minimum atomic E-state index is -0.514. The summed E-state index contributed by atoms with van der Waals surface area (Å²) in [4.78, 5) is 15.4. The van der Waals surface area contributed by atoms with Gasteiger partial charge in [0.2, 0.25) is 0 Å². The number of furan rings is 1. The highest BCUT2D eigenvalue weighted by molar-refractivity contribution is 9.10. The topological polar surface area (TPSA) is 65.5 Å². The van der Waals surface area contributed by atoms with Gasteiger partial charge in [-0.3, -0.25) is 0 Å². The van der Waals surface area contributed by atoms with Crippen LogP contribution in [-0.4, -0.2) is 17.6 Å². The minimum Gasteiger partial charge on any atom is -0.461 e. The Morgan fingerprint density at radius 1 is 1.56 bits per heavy atom. The van der Waals surface area contributed by atoms with Gasteiger partial charge in [-0.25, -0.2) is 9.78 Å². The summed E-state index contributed by atoms with van der Waals surface area (Å²) in [5.74, 6) is -0.182. The van der Waals surface area contributed by atoms with Crippen molar-refractivity contribution < 1.29 is 18.4 Å². The van der Waals surface area contributed by atoms with Gasteiger partial charge in [0.1, 0.15) is 0 Å². The molecule has 0 N–H and O–H groups in total. The number of halogens is 1. The molecule has 84 valence electrons. The van der Waals surface area contributed by atoms with Crippen LogP contribution in [0.5, 0.6) is 0 Å². The SMILES string of the molecule is CCOC(=O)c1ncoc1-c1ccoc1Br. The second-order valence-corrected chi connectivity index (χ2v) is 3.58. The van der Waals surface area contributed by atoms with E-state index in [4.69, 9.17) is 13.6 Å². The molecule has 0 bridgehead atoms. The van der Waals surface area contributed by atoms with Gasteiger partial charge in [-0.1, -0.05) is 0 Å². The van der Waals surface area contributed by atoms with Crippen LogP contribution in [0.15, 0.2) is 32.2 Å². The first kappa shape index (κ1) is 10.9. The molecule has 0 aromatic carbocycles. The molecular weight excluding hydrogens is 278 g/mol. The molecule has 5 nitrogen and oxygen atoms in total. The summed E-state index contributed by atoms with van der Waals surface area (Å²) in [5, 5.41) is 0. The minimum absolute atomic E-state index is 0.143. The molecule has 0 saturated carbocycles. The maximum absolute atomic E-state index is 11.5. The van der Waals surface area contributed by atoms with Crippen LogP contribution in [0.1, 0.15) is 17.4 Å². The fourth-order valence-electron chi connectivity index (χ4n) is 1.24. The summed E-state index contributed by atoms with van der Waals surface area (Å²) < 4.78 is 15.6. The lowest BCUT2D eigenvalue weighted by molar-refractivity contribution is 0.0520. The highest BCUT2D eigenvalue weighted by Crippen LogP contribution is 2.31. The first-order valence-electron chi connectivity index (χ1n) is 4.58. The van der Waals surface area contributed by atoms with Gasteiger partial charge in [0.05, 0.1) is 18.4 Å². The summed E-state index contributed by atoms with van der Waals surface area (Å²) in [5.41, 5.74) is 0.768. The number of esters is 1. The Labute approximate surface area is 99.5 Å². The molecule has 2 aromatic heterocycles. The predicted octanol–water partition coefficient (Wildman–Crippen LogP) is 2.87.